The lowest BCUT2D eigenvalue weighted by molar-refractivity contribution is -0.215. The predicted molar refractivity (Wildman–Crippen MR) is 107 cm³/mol. The number of carbonyl (C=O) groups excluding carboxylic acids is 1. The molecule has 2 aromatic carbocycles. The highest BCUT2D eigenvalue weighted by atomic mass is 19.4. The Morgan fingerprint density at radius 3 is 2.41 bits per heavy atom. The second kappa shape index (κ2) is 9.68. The van der Waals surface area contributed by atoms with Gasteiger partial charge >= 0.3 is 18.4 Å². The summed E-state index contributed by atoms with van der Waals surface area (Å²) >= 11 is 0. The van der Waals surface area contributed by atoms with Crippen molar-refractivity contribution in [1.29, 1.82) is 5.26 Å². The summed E-state index contributed by atoms with van der Waals surface area (Å²) in [5.41, 5.74) is 3.27. The molecule has 34 heavy (non-hydrogen) atoms. The van der Waals surface area contributed by atoms with Gasteiger partial charge in [0.1, 0.15) is 18.5 Å². The molecule has 1 aliphatic heterocycles. The number of hydrogen-bond acceptors (Lipinski definition) is 5. The van der Waals surface area contributed by atoms with E-state index in [4.69, 9.17) is 20.5 Å². The van der Waals surface area contributed by atoms with Gasteiger partial charge in [0.2, 0.25) is 6.23 Å². The van der Waals surface area contributed by atoms with Gasteiger partial charge < -0.3 is 25.4 Å². The van der Waals surface area contributed by atoms with Gasteiger partial charge in [-0.3, -0.25) is 0 Å². The highest BCUT2D eigenvalue weighted by molar-refractivity contribution is 5.71. The van der Waals surface area contributed by atoms with Crippen LogP contribution < -0.4 is 20.7 Å². The molecule has 1 aliphatic rings. The summed E-state index contributed by atoms with van der Waals surface area (Å²) in [4.78, 5) is 11.4. The van der Waals surface area contributed by atoms with E-state index in [-0.39, 0.29) is 18.8 Å². The van der Waals surface area contributed by atoms with Crippen LogP contribution >= 0.6 is 0 Å². The van der Waals surface area contributed by atoms with Crippen LogP contribution in [-0.4, -0.2) is 37.7 Å². The number of amides is 2. The third kappa shape index (κ3) is 6.02. The molecule has 2 aromatic rings. The van der Waals surface area contributed by atoms with Gasteiger partial charge in [-0.15, -0.1) is 0 Å². The Morgan fingerprint density at radius 1 is 1.18 bits per heavy atom. The number of hydrogen-bond donors (Lipinski definition) is 2. The van der Waals surface area contributed by atoms with Crippen LogP contribution in [0.4, 0.5) is 36.8 Å². The Balaban J connectivity index is 1.73. The summed E-state index contributed by atoms with van der Waals surface area (Å²) in [5.74, 6) is 0.311. The van der Waals surface area contributed by atoms with Crippen molar-refractivity contribution >= 4 is 11.7 Å². The van der Waals surface area contributed by atoms with Crippen molar-refractivity contribution in [1.82, 2.24) is 5.32 Å². The van der Waals surface area contributed by atoms with Crippen molar-refractivity contribution in [2.45, 2.75) is 31.2 Å². The predicted octanol–water partition coefficient (Wildman–Crippen LogP) is 3.92. The van der Waals surface area contributed by atoms with Crippen molar-refractivity contribution in [2.24, 2.45) is 5.73 Å². The van der Waals surface area contributed by atoms with E-state index in [1.54, 1.807) is 12.1 Å². The SMILES string of the molecule is N#Cc1ccc(N2C[C@@H](COc3ccc(CNC(N)=O)cc3)O[C@@H]2C(F)(F)F)cc1C(F)(F)F. The smallest absolute Gasteiger partial charge is 0.433 e. The molecule has 3 N–H and O–H groups in total. The van der Waals surface area contributed by atoms with Gasteiger partial charge in [0, 0.05) is 12.2 Å². The number of urea groups is 1. The summed E-state index contributed by atoms with van der Waals surface area (Å²) in [7, 11) is 0. The van der Waals surface area contributed by atoms with E-state index < -0.39 is 48.4 Å². The third-order valence-corrected chi connectivity index (χ3v) is 4.87. The summed E-state index contributed by atoms with van der Waals surface area (Å²) in [6.45, 7) is -0.521. The molecule has 0 bridgehead atoms. The number of nitriles is 1. The Labute approximate surface area is 189 Å². The number of anilines is 1. The maximum absolute atomic E-state index is 13.6. The number of rotatable bonds is 6. The van der Waals surface area contributed by atoms with Crippen LogP contribution in [0.2, 0.25) is 0 Å². The normalized spacial score (nSPS) is 18.4. The van der Waals surface area contributed by atoms with Gasteiger partial charge in [-0.1, -0.05) is 12.1 Å². The average molecular weight is 488 g/mol. The van der Waals surface area contributed by atoms with E-state index in [0.29, 0.717) is 22.3 Å². The van der Waals surface area contributed by atoms with E-state index in [9.17, 15) is 31.1 Å². The molecule has 0 spiro atoms. The average Bonchev–Trinajstić information content (AvgIpc) is 3.21. The Morgan fingerprint density at radius 2 is 1.85 bits per heavy atom. The van der Waals surface area contributed by atoms with Gasteiger partial charge in [-0.05, 0) is 35.9 Å². The van der Waals surface area contributed by atoms with Crippen LogP contribution in [0.1, 0.15) is 16.7 Å². The van der Waals surface area contributed by atoms with Crippen LogP contribution in [0, 0.1) is 11.3 Å². The summed E-state index contributed by atoms with van der Waals surface area (Å²) in [6, 6.07) is 9.31. The Bertz CT molecular complexity index is 1070. The van der Waals surface area contributed by atoms with Crippen molar-refractivity contribution in [3.63, 3.8) is 0 Å². The zero-order valence-electron chi connectivity index (χ0n) is 17.3. The molecule has 7 nitrogen and oxygen atoms in total. The Kier molecular flexibility index (Phi) is 7.11. The maximum atomic E-state index is 13.6. The van der Waals surface area contributed by atoms with Crippen LogP contribution in [0.3, 0.4) is 0 Å². The largest absolute Gasteiger partial charge is 0.491 e. The van der Waals surface area contributed by atoms with Crippen LogP contribution in [-0.2, 0) is 17.5 Å². The van der Waals surface area contributed by atoms with Gasteiger partial charge in [-0.25, -0.2) is 4.79 Å². The van der Waals surface area contributed by atoms with E-state index in [1.165, 1.54) is 18.2 Å². The maximum Gasteiger partial charge on any atom is 0.433 e. The van der Waals surface area contributed by atoms with Crippen molar-refractivity contribution < 1.29 is 40.6 Å². The second-order valence-electron chi connectivity index (χ2n) is 7.32. The zero-order valence-corrected chi connectivity index (χ0v) is 17.3. The van der Waals surface area contributed by atoms with Gasteiger partial charge in [-0.2, -0.15) is 31.6 Å². The Hall–Kier alpha value is -3.66. The molecule has 1 fully saturated rings. The first-order valence-corrected chi connectivity index (χ1v) is 9.73. The number of nitrogens with one attached hydrogen (secondary N) is 1. The van der Waals surface area contributed by atoms with Crippen LogP contribution in [0.25, 0.3) is 0 Å². The van der Waals surface area contributed by atoms with Gasteiger partial charge in [0.05, 0.1) is 23.7 Å². The molecule has 13 heteroatoms. The molecular formula is C21H18F6N4O3. The fraction of sp³-hybridized carbons (Fsp3) is 0.333. The van der Waals surface area contributed by atoms with E-state index in [1.807, 2.05) is 0 Å². The standard InChI is InChI=1S/C21H18F6N4O3/c22-20(23,24)17-7-14(4-3-13(17)8-28)31-10-16(34-18(31)21(25,26)27)11-33-15-5-1-12(2-6-15)9-30-19(29)32/h1-7,16,18H,9-11H2,(H3,29,30,32)/t16-,18+/m0/s1. The molecule has 1 saturated heterocycles. The first-order valence-electron chi connectivity index (χ1n) is 9.73. The molecule has 0 radical (unpaired) electrons. The number of nitrogens with zero attached hydrogens (tertiary/aromatic N) is 2. The number of primary amides is 1. The number of benzene rings is 2. The molecule has 2 atom stereocenters. The highest BCUT2D eigenvalue weighted by Crippen LogP contribution is 2.39. The highest BCUT2D eigenvalue weighted by Gasteiger charge is 2.51. The molecule has 2 amide bonds. The molecule has 182 valence electrons. The minimum Gasteiger partial charge on any atom is -0.491 e. The van der Waals surface area contributed by atoms with Crippen molar-refractivity contribution in [2.75, 3.05) is 18.1 Å². The lowest BCUT2D eigenvalue weighted by Crippen LogP contribution is -2.42. The van der Waals surface area contributed by atoms with Crippen molar-refractivity contribution in [3.05, 3.63) is 59.2 Å². The summed E-state index contributed by atoms with van der Waals surface area (Å²) < 4.78 is 91.0. The monoisotopic (exact) mass is 488 g/mol. The quantitative estimate of drug-likeness (QED) is 0.601. The van der Waals surface area contributed by atoms with Crippen LogP contribution in [0.15, 0.2) is 42.5 Å². The molecule has 0 saturated carbocycles. The first-order chi connectivity index (χ1) is 15.9. The zero-order chi connectivity index (χ0) is 25.1. The number of nitrogens with two attached hydrogens (primary N) is 1. The van der Waals surface area contributed by atoms with Gasteiger partial charge in [0.25, 0.3) is 0 Å². The van der Waals surface area contributed by atoms with E-state index in [2.05, 4.69) is 5.32 Å². The molecule has 1 heterocycles. The topological polar surface area (TPSA) is 101 Å². The molecule has 0 aromatic heterocycles. The second-order valence-corrected chi connectivity index (χ2v) is 7.32. The fourth-order valence-corrected chi connectivity index (χ4v) is 3.33. The first kappa shape index (κ1) is 25.0. The van der Waals surface area contributed by atoms with E-state index in [0.717, 1.165) is 12.1 Å². The van der Waals surface area contributed by atoms with Crippen LogP contribution in [0.5, 0.6) is 5.75 Å². The van der Waals surface area contributed by atoms with Gasteiger partial charge in [0.15, 0.2) is 0 Å². The number of alkyl halides is 6. The lowest BCUT2D eigenvalue weighted by atomic mass is 10.1. The van der Waals surface area contributed by atoms with E-state index >= 15 is 0 Å². The molecule has 3 rings (SSSR count). The fourth-order valence-electron chi connectivity index (χ4n) is 3.33. The minimum atomic E-state index is -4.92. The molecule has 0 aliphatic carbocycles. The summed E-state index contributed by atoms with van der Waals surface area (Å²) in [6.07, 6.45) is -13.4. The summed E-state index contributed by atoms with van der Waals surface area (Å²) in [5, 5.41) is 11.3. The minimum absolute atomic E-state index is 0.175. The molecular weight excluding hydrogens is 470 g/mol. The molecule has 0 unspecified atom stereocenters. The number of halogens is 6. The number of carbonyl (C=O) groups is 1. The number of ether oxygens (including phenoxy) is 2. The lowest BCUT2D eigenvalue weighted by Gasteiger charge is -2.27. The third-order valence-electron chi connectivity index (χ3n) is 4.87. The van der Waals surface area contributed by atoms with Crippen molar-refractivity contribution in [3.8, 4) is 11.8 Å².